The van der Waals surface area contributed by atoms with E-state index in [4.69, 9.17) is 8.83 Å². The van der Waals surface area contributed by atoms with Crippen LogP contribution >= 0.6 is 15.9 Å². The first-order valence-electron chi connectivity index (χ1n) is 7.75. The van der Waals surface area contributed by atoms with Crippen molar-refractivity contribution in [2.75, 3.05) is 0 Å². The van der Waals surface area contributed by atoms with Crippen LogP contribution in [0, 0.1) is 0 Å². The molecule has 0 saturated carbocycles. The zero-order valence-corrected chi connectivity index (χ0v) is 15.2. The van der Waals surface area contributed by atoms with Crippen LogP contribution in [0.5, 0.6) is 0 Å². The Balaban J connectivity index is 1.78. The van der Waals surface area contributed by atoms with Gasteiger partial charge in [0.1, 0.15) is 17.2 Å². The molecule has 1 aromatic carbocycles. The van der Waals surface area contributed by atoms with Gasteiger partial charge < -0.3 is 19.5 Å². The summed E-state index contributed by atoms with van der Waals surface area (Å²) in [5, 5.41) is 5.33. The Kier molecular flexibility index (Phi) is 5.70. The monoisotopic (exact) mass is 414 g/mol. The third-order valence-electron chi connectivity index (χ3n) is 3.44. The van der Waals surface area contributed by atoms with E-state index in [-0.39, 0.29) is 12.2 Å². The molecule has 0 radical (unpaired) electrons. The van der Waals surface area contributed by atoms with Crippen molar-refractivity contribution < 1.29 is 18.4 Å². The summed E-state index contributed by atoms with van der Waals surface area (Å²) in [6, 6.07) is 13.8. The second-order valence-electron chi connectivity index (χ2n) is 5.27. The number of hydrogen-bond donors (Lipinski definition) is 2. The molecule has 132 valence electrons. The highest BCUT2D eigenvalue weighted by molar-refractivity contribution is 9.10. The highest BCUT2D eigenvalue weighted by Gasteiger charge is 2.17. The number of carbonyl (C=O) groups is 2. The van der Waals surface area contributed by atoms with Gasteiger partial charge in [-0.3, -0.25) is 9.59 Å². The molecule has 0 bridgehead atoms. The molecule has 0 unspecified atom stereocenters. The number of rotatable bonds is 6. The minimum Gasteiger partial charge on any atom is -0.467 e. The van der Waals surface area contributed by atoms with E-state index in [1.165, 1.54) is 18.6 Å². The molecule has 0 spiro atoms. The molecular weight excluding hydrogens is 400 g/mol. The molecule has 2 amide bonds. The van der Waals surface area contributed by atoms with Gasteiger partial charge in [-0.25, -0.2) is 0 Å². The molecule has 26 heavy (non-hydrogen) atoms. The molecule has 0 atom stereocenters. The number of amides is 2. The summed E-state index contributed by atoms with van der Waals surface area (Å²) in [4.78, 5) is 25.1. The maximum absolute atomic E-state index is 12.5. The standard InChI is InChI=1S/C19H15BrN2O4/c20-16-8-2-1-7-15(16)18(23)22-17(11-13-5-3-9-25-13)19(24)21-12-14-6-4-10-26-14/h1-11H,12H2,(H,21,24)(H,22,23). The lowest BCUT2D eigenvalue weighted by Gasteiger charge is -2.11. The zero-order valence-electron chi connectivity index (χ0n) is 13.6. The van der Waals surface area contributed by atoms with Crippen molar-refractivity contribution >= 4 is 33.8 Å². The van der Waals surface area contributed by atoms with Crippen LogP contribution in [0.15, 0.2) is 80.1 Å². The number of furan rings is 2. The fourth-order valence-corrected chi connectivity index (χ4v) is 2.65. The maximum Gasteiger partial charge on any atom is 0.268 e. The van der Waals surface area contributed by atoms with Crippen molar-refractivity contribution in [3.8, 4) is 0 Å². The predicted molar refractivity (Wildman–Crippen MR) is 98.8 cm³/mol. The molecule has 2 aromatic heterocycles. The fraction of sp³-hybridized carbons (Fsp3) is 0.0526. The minimum absolute atomic E-state index is 0.0623. The third-order valence-corrected chi connectivity index (χ3v) is 4.14. The molecule has 2 heterocycles. The Morgan fingerprint density at radius 1 is 1.00 bits per heavy atom. The second kappa shape index (κ2) is 8.35. The van der Waals surface area contributed by atoms with Crippen molar-refractivity contribution in [3.63, 3.8) is 0 Å². The second-order valence-corrected chi connectivity index (χ2v) is 6.12. The molecule has 6 nitrogen and oxygen atoms in total. The molecule has 2 N–H and O–H groups in total. The summed E-state index contributed by atoms with van der Waals surface area (Å²) in [6.45, 7) is 0.201. The normalized spacial score (nSPS) is 11.2. The lowest BCUT2D eigenvalue weighted by Crippen LogP contribution is -2.34. The Hall–Kier alpha value is -3.06. The van der Waals surface area contributed by atoms with Gasteiger partial charge in [-0.1, -0.05) is 12.1 Å². The van der Waals surface area contributed by atoms with E-state index >= 15 is 0 Å². The Morgan fingerprint density at radius 2 is 1.77 bits per heavy atom. The summed E-state index contributed by atoms with van der Waals surface area (Å²) < 4.78 is 11.1. The van der Waals surface area contributed by atoms with E-state index in [0.717, 1.165) is 0 Å². The molecule has 0 aliphatic heterocycles. The lowest BCUT2D eigenvalue weighted by molar-refractivity contribution is -0.118. The Bertz CT molecular complexity index is 915. The Morgan fingerprint density at radius 3 is 2.46 bits per heavy atom. The van der Waals surface area contributed by atoms with E-state index < -0.39 is 11.8 Å². The predicted octanol–water partition coefficient (Wildman–Crippen LogP) is 3.72. The third kappa shape index (κ3) is 4.52. The van der Waals surface area contributed by atoms with E-state index in [9.17, 15) is 9.59 Å². The van der Waals surface area contributed by atoms with Gasteiger partial charge in [0, 0.05) is 10.5 Å². The number of hydrogen-bond acceptors (Lipinski definition) is 4. The summed E-state index contributed by atoms with van der Waals surface area (Å²) in [6.07, 6.45) is 4.47. The van der Waals surface area contributed by atoms with Gasteiger partial charge in [-0.2, -0.15) is 0 Å². The van der Waals surface area contributed by atoms with Crippen LogP contribution < -0.4 is 10.6 Å². The van der Waals surface area contributed by atoms with Gasteiger partial charge in [0.05, 0.1) is 24.6 Å². The molecule has 3 aromatic rings. The maximum atomic E-state index is 12.5. The molecule has 0 fully saturated rings. The van der Waals surface area contributed by atoms with Crippen molar-refractivity contribution in [1.29, 1.82) is 0 Å². The van der Waals surface area contributed by atoms with Crippen LogP contribution in [0.25, 0.3) is 6.08 Å². The van der Waals surface area contributed by atoms with Crippen LogP contribution in [-0.2, 0) is 11.3 Å². The smallest absolute Gasteiger partial charge is 0.268 e. The fourth-order valence-electron chi connectivity index (χ4n) is 2.18. The van der Waals surface area contributed by atoms with E-state index in [1.54, 1.807) is 48.5 Å². The molecule has 7 heteroatoms. The van der Waals surface area contributed by atoms with Crippen LogP contribution in [0.2, 0.25) is 0 Å². The summed E-state index contributed by atoms with van der Waals surface area (Å²) in [5.74, 6) is 0.176. The topological polar surface area (TPSA) is 84.5 Å². The molecule has 0 saturated heterocycles. The molecule has 0 aliphatic carbocycles. The van der Waals surface area contributed by atoms with E-state index in [0.29, 0.717) is 21.6 Å². The van der Waals surface area contributed by atoms with Crippen LogP contribution in [-0.4, -0.2) is 11.8 Å². The van der Waals surface area contributed by atoms with Gasteiger partial charge in [0.15, 0.2) is 0 Å². The first-order valence-corrected chi connectivity index (χ1v) is 8.54. The highest BCUT2D eigenvalue weighted by Crippen LogP contribution is 2.16. The SMILES string of the molecule is O=C(NCc1ccco1)C(=Cc1ccco1)NC(=O)c1ccccc1Br. The van der Waals surface area contributed by atoms with Crippen molar-refractivity contribution in [1.82, 2.24) is 10.6 Å². The highest BCUT2D eigenvalue weighted by atomic mass is 79.9. The van der Waals surface area contributed by atoms with Gasteiger partial charge in [0.25, 0.3) is 11.8 Å². The number of nitrogens with one attached hydrogen (secondary N) is 2. The zero-order chi connectivity index (χ0) is 18.4. The van der Waals surface area contributed by atoms with Crippen molar-refractivity contribution in [2.45, 2.75) is 6.54 Å². The van der Waals surface area contributed by atoms with Crippen molar-refractivity contribution in [2.24, 2.45) is 0 Å². The Labute approximate surface area is 158 Å². The number of carbonyl (C=O) groups excluding carboxylic acids is 2. The first kappa shape index (κ1) is 17.8. The average molecular weight is 415 g/mol. The summed E-state index contributed by atoms with van der Waals surface area (Å²) in [5.41, 5.74) is 0.476. The summed E-state index contributed by atoms with van der Waals surface area (Å²) >= 11 is 3.33. The molecular formula is C19H15BrN2O4. The van der Waals surface area contributed by atoms with Crippen LogP contribution in [0.1, 0.15) is 21.9 Å². The largest absolute Gasteiger partial charge is 0.467 e. The van der Waals surface area contributed by atoms with Gasteiger partial charge in [-0.15, -0.1) is 0 Å². The van der Waals surface area contributed by atoms with E-state index in [1.807, 2.05) is 0 Å². The lowest BCUT2D eigenvalue weighted by atomic mass is 10.2. The van der Waals surface area contributed by atoms with Crippen molar-refractivity contribution in [3.05, 3.63) is 88.3 Å². The summed E-state index contributed by atoms with van der Waals surface area (Å²) in [7, 11) is 0. The average Bonchev–Trinajstić information content (AvgIpc) is 3.33. The number of halogens is 1. The van der Waals surface area contributed by atoms with Crippen LogP contribution in [0.4, 0.5) is 0 Å². The quantitative estimate of drug-likeness (QED) is 0.601. The van der Waals surface area contributed by atoms with Gasteiger partial charge in [-0.05, 0) is 52.3 Å². The minimum atomic E-state index is -0.460. The molecule has 0 aliphatic rings. The first-order chi connectivity index (χ1) is 12.6. The number of benzene rings is 1. The van der Waals surface area contributed by atoms with Gasteiger partial charge >= 0.3 is 0 Å². The van der Waals surface area contributed by atoms with Crippen LogP contribution in [0.3, 0.4) is 0 Å². The molecule has 3 rings (SSSR count). The van der Waals surface area contributed by atoms with E-state index in [2.05, 4.69) is 26.6 Å². The van der Waals surface area contributed by atoms with Gasteiger partial charge in [0.2, 0.25) is 0 Å².